The van der Waals surface area contributed by atoms with Crippen LogP contribution in [0.15, 0.2) is 164 Å². The van der Waals surface area contributed by atoms with E-state index in [-0.39, 0.29) is 16.6 Å². The quantitative estimate of drug-likeness (QED) is 0.0584. The molecule has 0 saturated carbocycles. The van der Waals surface area contributed by atoms with E-state index < -0.39 is 17.2 Å². The smallest absolute Gasteiger partial charge is 0.168 e. The van der Waals surface area contributed by atoms with Gasteiger partial charge in [-0.3, -0.25) is 4.57 Å². The van der Waals surface area contributed by atoms with Crippen LogP contribution in [0.4, 0.5) is 5.82 Å². The molecule has 11 nitrogen and oxygen atoms in total. The van der Waals surface area contributed by atoms with Crippen LogP contribution in [0.25, 0.3) is 11.2 Å². The van der Waals surface area contributed by atoms with Gasteiger partial charge in [0.05, 0.1) is 51.4 Å². The van der Waals surface area contributed by atoms with Gasteiger partial charge in [0.15, 0.2) is 22.8 Å². The molecule has 0 unspecified atom stereocenters. The Morgan fingerprint density at radius 1 is 0.609 bits per heavy atom. The first-order chi connectivity index (χ1) is 31.4. The Labute approximate surface area is 386 Å². The maximum Gasteiger partial charge on any atom is 0.168 e. The Morgan fingerprint density at radius 2 is 1.03 bits per heavy atom. The van der Waals surface area contributed by atoms with Gasteiger partial charge in [-0.2, -0.15) is 0 Å². The van der Waals surface area contributed by atoms with E-state index in [1.165, 1.54) is 0 Å². The molecule has 9 rings (SSSR count). The lowest BCUT2D eigenvalue weighted by Crippen LogP contribution is -2.39. The van der Waals surface area contributed by atoms with Gasteiger partial charge in [0.25, 0.3) is 0 Å². The number of nitrogens with one attached hydrogen (secondary N) is 1. The van der Waals surface area contributed by atoms with Crippen LogP contribution in [-0.2, 0) is 15.7 Å². The predicted molar refractivity (Wildman–Crippen MR) is 256 cm³/mol. The van der Waals surface area contributed by atoms with Crippen LogP contribution < -0.4 is 24.3 Å². The molecule has 1 aliphatic rings. The van der Waals surface area contributed by atoms with Crippen molar-refractivity contribution in [2.45, 2.75) is 33.6 Å². The van der Waals surface area contributed by atoms with Crippen molar-refractivity contribution in [2.75, 3.05) is 40.4 Å². The molecule has 1 fully saturated rings. The fraction of sp³-hybridized carbons (Fsp3) is 0.212. The minimum absolute atomic E-state index is 0.0195. The molecule has 2 N–H and O–H groups in total. The highest BCUT2D eigenvalue weighted by molar-refractivity contribution is 14.1. The molecule has 0 spiro atoms. The Kier molecular flexibility index (Phi) is 12.3. The highest BCUT2D eigenvalue weighted by Gasteiger charge is 2.45. The van der Waals surface area contributed by atoms with Gasteiger partial charge in [0.1, 0.15) is 40.2 Å². The Bertz CT molecular complexity index is 2710. The number of halogens is 1. The average Bonchev–Trinajstić information content (AvgIpc) is 3.97. The molecular formula is C52H48IN5O6. The van der Waals surface area contributed by atoms with Gasteiger partial charge >= 0.3 is 0 Å². The topological polar surface area (TPSA) is 122 Å². The SMILES string of the molecule is COc1ccc(C(Nc2nc(C(c3ccccc3)(c3ccc(OC)cc3)c3ccc(OC)cc3)nc3c2ncn3[C@H]2O[C@H](CO)C[C@H]2I)(c2ccccc2)c2ccc(OC)cc2)cc1. The van der Waals surface area contributed by atoms with Gasteiger partial charge < -0.3 is 34.1 Å². The molecule has 2 aromatic heterocycles. The molecule has 3 atom stereocenters. The first-order valence-corrected chi connectivity index (χ1v) is 22.2. The largest absolute Gasteiger partial charge is 0.497 e. The van der Waals surface area contributed by atoms with Gasteiger partial charge in [-0.05, 0) is 88.3 Å². The molecule has 324 valence electrons. The van der Waals surface area contributed by atoms with Crippen LogP contribution in [-0.4, -0.2) is 69.7 Å². The van der Waals surface area contributed by atoms with E-state index in [0.29, 0.717) is 40.7 Å². The lowest BCUT2D eigenvalue weighted by molar-refractivity contribution is -0.0188. The van der Waals surface area contributed by atoms with Crippen molar-refractivity contribution in [3.63, 3.8) is 0 Å². The van der Waals surface area contributed by atoms with Gasteiger partial charge in [-0.1, -0.05) is 132 Å². The number of rotatable bonds is 15. The van der Waals surface area contributed by atoms with Crippen LogP contribution in [0.5, 0.6) is 23.0 Å². The summed E-state index contributed by atoms with van der Waals surface area (Å²) in [5, 5.41) is 14.3. The first-order valence-electron chi connectivity index (χ1n) is 21.0. The summed E-state index contributed by atoms with van der Waals surface area (Å²) in [6, 6.07) is 53.0. The number of aliphatic hydroxyl groups excluding tert-OH is 1. The lowest BCUT2D eigenvalue weighted by atomic mass is 9.68. The van der Waals surface area contributed by atoms with Crippen LogP contribution in [0.2, 0.25) is 0 Å². The van der Waals surface area contributed by atoms with Crippen molar-refractivity contribution in [3.8, 4) is 23.0 Å². The van der Waals surface area contributed by atoms with E-state index in [2.05, 4.69) is 101 Å². The third-order valence-electron chi connectivity index (χ3n) is 12.2. The molecular weight excluding hydrogens is 918 g/mol. The van der Waals surface area contributed by atoms with Gasteiger partial charge in [0.2, 0.25) is 0 Å². The predicted octanol–water partition coefficient (Wildman–Crippen LogP) is 9.73. The number of alkyl halides is 1. The summed E-state index contributed by atoms with van der Waals surface area (Å²) in [6.07, 6.45) is 1.65. The zero-order chi connectivity index (χ0) is 44.3. The minimum atomic E-state index is -1.11. The minimum Gasteiger partial charge on any atom is -0.497 e. The molecule has 8 aromatic rings. The van der Waals surface area contributed by atoms with Crippen molar-refractivity contribution >= 4 is 39.6 Å². The molecule has 0 radical (unpaired) electrons. The summed E-state index contributed by atoms with van der Waals surface area (Å²) in [5.74, 6) is 3.85. The first kappa shape index (κ1) is 42.8. The Balaban J connectivity index is 1.40. The van der Waals surface area contributed by atoms with E-state index in [4.69, 9.17) is 38.6 Å². The molecule has 6 aromatic carbocycles. The molecule has 3 heterocycles. The molecule has 12 heteroatoms. The number of fused-ring (bicyclic) bond motifs is 1. The normalized spacial score (nSPS) is 16.4. The summed E-state index contributed by atoms with van der Waals surface area (Å²) >= 11 is 2.41. The maximum atomic E-state index is 10.3. The van der Waals surface area contributed by atoms with Crippen LogP contribution >= 0.6 is 22.6 Å². The molecule has 0 bridgehead atoms. The number of imidazole rings is 1. The highest BCUT2D eigenvalue weighted by atomic mass is 127. The van der Waals surface area contributed by atoms with E-state index in [1.807, 2.05) is 89.5 Å². The van der Waals surface area contributed by atoms with Crippen LogP contribution in [0.3, 0.4) is 0 Å². The van der Waals surface area contributed by atoms with Gasteiger partial charge in [-0.25, -0.2) is 15.0 Å². The van der Waals surface area contributed by atoms with Crippen molar-refractivity contribution in [1.29, 1.82) is 0 Å². The van der Waals surface area contributed by atoms with Gasteiger partial charge in [-0.15, -0.1) is 0 Å². The summed E-state index contributed by atoms with van der Waals surface area (Å²) in [7, 11) is 6.66. The number of benzene rings is 6. The van der Waals surface area contributed by atoms with Crippen molar-refractivity contribution < 1.29 is 28.8 Å². The second-order valence-electron chi connectivity index (χ2n) is 15.6. The van der Waals surface area contributed by atoms with Crippen LogP contribution in [0, 0.1) is 0 Å². The van der Waals surface area contributed by atoms with E-state index in [0.717, 1.165) is 44.9 Å². The van der Waals surface area contributed by atoms with Crippen LogP contribution in [0.1, 0.15) is 51.9 Å². The highest BCUT2D eigenvalue weighted by Crippen LogP contribution is 2.48. The van der Waals surface area contributed by atoms with E-state index in [1.54, 1.807) is 34.8 Å². The van der Waals surface area contributed by atoms with Crippen molar-refractivity contribution in [3.05, 3.63) is 203 Å². The lowest BCUT2D eigenvalue weighted by Gasteiger charge is -2.38. The zero-order valence-corrected chi connectivity index (χ0v) is 38.0. The number of ether oxygens (including phenoxy) is 5. The molecule has 1 saturated heterocycles. The summed E-state index contributed by atoms with van der Waals surface area (Å²) < 4.78 is 31.3. The second kappa shape index (κ2) is 18.3. The summed E-state index contributed by atoms with van der Waals surface area (Å²) in [6.45, 7) is -0.0922. The number of aliphatic hydroxyl groups is 1. The third-order valence-corrected chi connectivity index (χ3v) is 13.3. The summed E-state index contributed by atoms with van der Waals surface area (Å²) in [4.78, 5) is 16.4. The van der Waals surface area contributed by atoms with E-state index >= 15 is 0 Å². The standard InChI is InChI=1S/C52H48IN5O6/c1-60-40-23-15-35(16-24-40)51(34-11-7-5-8-12-34,36-17-25-41(61-2)26-18-36)50-55-47(46-48(56-50)58(33-54-46)49-45(53)31-44(32-59)64-49)57-52(37-13-9-6-10-14-37,38-19-27-42(62-3)28-20-38)39-21-29-43(63-4)30-22-39/h5-30,33,44-45,49,59H,31-32H2,1-4H3,(H,55,56,57)/t44-,45+,49-/m0/s1. The Morgan fingerprint density at radius 3 is 1.47 bits per heavy atom. The van der Waals surface area contributed by atoms with Crippen molar-refractivity contribution in [2.24, 2.45) is 0 Å². The molecule has 0 amide bonds. The average molecular weight is 966 g/mol. The Hall–Kier alpha value is -6.48. The third kappa shape index (κ3) is 7.58. The number of methoxy groups -OCH3 is 4. The molecule has 0 aliphatic carbocycles. The van der Waals surface area contributed by atoms with E-state index in [9.17, 15) is 5.11 Å². The summed E-state index contributed by atoms with van der Waals surface area (Å²) in [5.41, 5.74) is 4.49. The fourth-order valence-corrected chi connectivity index (χ4v) is 10.0. The molecule has 64 heavy (non-hydrogen) atoms. The maximum absolute atomic E-state index is 10.3. The number of hydrogen-bond acceptors (Lipinski definition) is 10. The van der Waals surface area contributed by atoms with Gasteiger partial charge in [0, 0.05) is 0 Å². The molecule has 1 aliphatic heterocycles. The monoisotopic (exact) mass is 965 g/mol. The fourth-order valence-electron chi connectivity index (χ4n) is 8.94. The van der Waals surface area contributed by atoms with Crippen molar-refractivity contribution in [1.82, 2.24) is 19.5 Å². The number of anilines is 1. The number of aromatic nitrogens is 4. The second-order valence-corrected chi connectivity index (χ2v) is 17.2. The number of hydrogen-bond donors (Lipinski definition) is 2. The number of nitrogens with zero attached hydrogens (tertiary/aromatic N) is 4. The zero-order valence-electron chi connectivity index (χ0n) is 35.9.